The van der Waals surface area contributed by atoms with E-state index in [0.717, 1.165) is 37.3 Å². The van der Waals surface area contributed by atoms with Crippen molar-refractivity contribution in [3.8, 4) is 0 Å². The minimum Gasteiger partial charge on any atom is -0.355 e. The summed E-state index contributed by atoms with van der Waals surface area (Å²) in [5.74, 6) is 0.0221. The zero-order valence-electron chi connectivity index (χ0n) is 11.4. The van der Waals surface area contributed by atoms with Crippen molar-refractivity contribution in [2.75, 3.05) is 26.2 Å². The highest BCUT2D eigenvalue weighted by molar-refractivity contribution is 7.91. The summed E-state index contributed by atoms with van der Waals surface area (Å²) in [4.78, 5) is 11.9. The van der Waals surface area contributed by atoms with E-state index in [1.165, 1.54) is 6.07 Å². The van der Waals surface area contributed by atoms with Gasteiger partial charge in [0, 0.05) is 19.0 Å². The molecule has 2 rings (SSSR count). The van der Waals surface area contributed by atoms with E-state index >= 15 is 0 Å². The van der Waals surface area contributed by atoms with Crippen molar-refractivity contribution in [3.05, 3.63) is 16.5 Å². The van der Waals surface area contributed by atoms with Crippen molar-refractivity contribution < 1.29 is 13.2 Å². The van der Waals surface area contributed by atoms with Crippen LogP contribution in [0.3, 0.4) is 0 Å². The Morgan fingerprint density at radius 1 is 1.33 bits per heavy atom. The van der Waals surface area contributed by atoms with Crippen molar-refractivity contribution in [1.82, 2.24) is 15.4 Å². The molecule has 3 N–H and O–H groups in total. The Hall–Kier alpha value is -0.670. The smallest absolute Gasteiger partial charge is 0.250 e. The molecule has 0 aliphatic carbocycles. The first-order valence-electron chi connectivity index (χ1n) is 6.72. The number of carbonyl (C=O) groups excluding carboxylic acids is 1. The topological polar surface area (TPSA) is 87.3 Å². The molecule has 1 aliphatic rings. The fraction of sp³-hybridized carbons (Fsp3) is 0.583. The molecule has 1 fully saturated rings. The normalized spacial score (nSPS) is 16.8. The minimum absolute atomic E-state index is 0.00475. The second kappa shape index (κ2) is 7.55. The van der Waals surface area contributed by atoms with Gasteiger partial charge in [-0.05, 0) is 38.1 Å². The highest BCUT2D eigenvalue weighted by atomic mass is 35.5. The lowest BCUT2D eigenvalue weighted by Gasteiger charge is -2.21. The van der Waals surface area contributed by atoms with E-state index in [0.29, 0.717) is 4.34 Å². The molecule has 2 heterocycles. The van der Waals surface area contributed by atoms with Crippen LogP contribution in [-0.2, 0) is 14.8 Å². The summed E-state index contributed by atoms with van der Waals surface area (Å²) in [7, 11) is -3.54. The first-order valence-corrected chi connectivity index (χ1v) is 9.40. The van der Waals surface area contributed by atoms with Crippen LogP contribution in [-0.4, -0.2) is 40.5 Å². The largest absolute Gasteiger partial charge is 0.355 e. The van der Waals surface area contributed by atoms with Gasteiger partial charge < -0.3 is 10.6 Å². The Kier molecular flexibility index (Phi) is 6.00. The molecule has 0 unspecified atom stereocenters. The SMILES string of the molecule is O=C(NCCNS(=O)(=O)c1ccc(Cl)s1)C1CCNCC1. The molecule has 21 heavy (non-hydrogen) atoms. The lowest BCUT2D eigenvalue weighted by molar-refractivity contribution is -0.125. The number of sulfonamides is 1. The van der Waals surface area contributed by atoms with Gasteiger partial charge in [-0.3, -0.25) is 4.79 Å². The lowest BCUT2D eigenvalue weighted by atomic mass is 9.97. The summed E-state index contributed by atoms with van der Waals surface area (Å²) < 4.78 is 26.9. The quantitative estimate of drug-likeness (QED) is 0.661. The van der Waals surface area contributed by atoms with Gasteiger partial charge in [0.25, 0.3) is 0 Å². The maximum absolute atomic E-state index is 11.9. The number of thiophene rings is 1. The van der Waals surface area contributed by atoms with Crippen molar-refractivity contribution in [2.24, 2.45) is 5.92 Å². The van der Waals surface area contributed by atoms with E-state index in [-0.39, 0.29) is 29.1 Å². The maximum atomic E-state index is 11.9. The van der Waals surface area contributed by atoms with Crippen molar-refractivity contribution in [3.63, 3.8) is 0 Å². The van der Waals surface area contributed by atoms with E-state index in [4.69, 9.17) is 11.6 Å². The Labute approximate surface area is 133 Å². The van der Waals surface area contributed by atoms with Gasteiger partial charge in [-0.25, -0.2) is 13.1 Å². The molecule has 9 heteroatoms. The highest BCUT2D eigenvalue weighted by Gasteiger charge is 2.20. The summed E-state index contributed by atoms with van der Waals surface area (Å²) in [6, 6.07) is 3.00. The highest BCUT2D eigenvalue weighted by Crippen LogP contribution is 2.25. The molecule has 0 bridgehead atoms. The molecule has 0 aromatic carbocycles. The van der Waals surface area contributed by atoms with Crippen LogP contribution in [0.15, 0.2) is 16.3 Å². The second-order valence-electron chi connectivity index (χ2n) is 4.77. The molecule has 1 aromatic heterocycles. The van der Waals surface area contributed by atoms with E-state index in [1.807, 2.05) is 0 Å². The number of hydrogen-bond donors (Lipinski definition) is 3. The Balaban J connectivity index is 1.73. The van der Waals surface area contributed by atoms with Crippen LogP contribution in [0.25, 0.3) is 0 Å². The molecular weight excluding hydrogens is 334 g/mol. The zero-order valence-corrected chi connectivity index (χ0v) is 13.8. The van der Waals surface area contributed by atoms with Gasteiger partial charge in [0.2, 0.25) is 15.9 Å². The van der Waals surface area contributed by atoms with Crippen LogP contribution in [0.4, 0.5) is 0 Å². The molecule has 0 radical (unpaired) electrons. The standard InChI is InChI=1S/C12H18ClN3O3S2/c13-10-1-2-11(20-10)21(18,19)16-8-7-15-12(17)9-3-5-14-6-4-9/h1-2,9,14,16H,3-8H2,(H,15,17). The molecule has 6 nitrogen and oxygen atoms in total. The third kappa shape index (κ3) is 4.93. The summed E-state index contributed by atoms with van der Waals surface area (Å²) in [6.45, 7) is 2.14. The molecule has 1 aliphatic heterocycles. The van der Waals surface area contributed by atoms with E-state index in [2.05, 4.69) is 15.4 Å². The number of amides is 1. The van der Waals surface area contributed by atoms with Gasteiger partial charge >= 0.3 is 0 Å². The van der Waals surface area contributed by atoms with Gasteiger partial charge in [0.05, 0.1) is 4.34 Å². The molecule has 0 atom stereocenters. The zero-order chi connectivity index (χ0) is 15.3. The fourth-order valence-corrected chi connectivity index (χ4v) is 4.67. The number of halogens is 1. The van der Waals surface area contributed by atoms with Crippen molar-refractivity contribution >= 4 is 38.9 Å². The average molecular weight is 352 g/mol. The monoisotopic (exact) mass is 351 g/mol. The minimum atomic E-state index is -3.54. The van der Waals surface area contributed by atoms with Gasteiger partial charge in [-0.15, -0.1) is 11.3 Å². The molecule has 0 spiro atoms. The molecular formula is C12H18ClN3O3S2. The fourth-order valence-electron chi connectivity index (χ4n) is 2.11. The van der Waals surface area contributed by atoms with E-state index in [9.17, 15) is 13.2 Å². The van der Waals surface area contributed by atoms with E-state index < -0.39 is 10.0 Å². The third-order valence-electron chi connectivity index (χ3n) is 3.24. The van der Waals surface area contributed by atoms with Crippen LogP contribution in [0.5, 0.6) is 0 Å². The summed E-state index contributed by atoms with van der Waals surface area (Å²) in [5.41, 5.74) is 0. The van der Waals surface area contributed by atoms with Gasteiger partial charge in [0.15, 0.2) is 0 Å². The van der Waals surface area contributed by atoms with Gasteiger partial charge in [-0.1, -0.05) is 11.6 Å². The van der Waals surface area contributed by atoms with Gasteiger partial charge in [0.1, 0.15) is 4.21 Å². The van der Waals surface area contributed by atoms with Crippen LogP contribution < -0.4 is 15.4 Å². The Morgan fingerprint density at radius 3 is 2.67 bits per heavy atom. The number of hydrogen-bond acceptors (Lipinski definition) is 5. The number of carbonyl (C=O) groups is 1. The van der Waals surface area contributed by atoms with Crippen LogP contribution in [0, 0.1) is 5.92 Å². The molecule has 118 valence electrons. The first kappa shape index (κ1) is 16.7. The lowest BCUT2D eigenvalue weighted by Crippen LogP contribution is -2.41. The number of rotatable bonds is 6. The van der Waals surface area contributed by atoms with Crippen LogP contribution in [0.1, 0.15) is 12.8 Å². The molecule has 1 aromatic rings. The van der Waals surface area contributed by atoms with Gasteiger partial charge in [-0.2, -0.15) is 0 Å². The number of nitrogens with one attached hydrogen (secondary N) is 3. The summed E-state index contributed by atoms with van der Waals surface area (Å²) >= 11 is 6.72. The van der Waals surface area contributed by atoms with Crippen LogP contribution >= 0.6 is 22.9 Å². The number of piperidine rings is 1. The van der Waals surface area contributed by atoms with E-state index in [1.54, 1.807) is 6.07 Å². The predicted molar refractivity (Wildman–Crippen MR) is 83.1 cm³/mol. The summed E-state index contributed by atoms with van der Waals surface area (Å²) in [5, 5.41) is 5.96. The predicted octanol–water partition coefficient (Wildman–Crippen LogP) is 0.796. The van der Waals surface area contributed by atoms with Crippen molar-refractivity contribution in [1.29, 1.82) is 0 Å². The first-order chi connectivity index (χ1) is 9.99. The second-order valence-corrected chi connectivity index (χ2v) is 8.48. The molecule has 1 saturated heterocycles. The maximum Gasteiger partial charge on any atom is 0.250 e. The Bertz CT molecular complexity index is 582. The Morgan fingerprint density at radius 2 is 2.05 bits per heavy atom. The van der Waals surface area contributed by atoms with Crippen molar-refractivity contribution in [2.45, 2.75) is 17.1 Å². The molecule has 0 saturated carbocycles. The molecule has 1 amide bonds. The average Bonchev–Trinajstić information content (AvgIpc) is 2.92. The summed E-state index contributed by atoms with van der Waals surface area (Å²) in [6.07, 6.45) is 1.65. The third-order valence-corrected chi connectivity index (χ3v) is 6.42. The van der Waals surface area contributed by atoms with Crippen LogP contribution in [0.2, 0.25) is 4.34 Å².